The molecule has 2 rings (SSSR count). The molecule has 6 heteroatoms. The van der Waals surface area contributed by atoms with E-state index < -0.39 is 5.97 Å². The van der Waals surface area contributed by atoms with E-state index in [1.54, 1.807) is 19.2 Å². The standard InChI is InChI=1S/C14H16FN3O2/c1-3-11-12(16)13(18(2)17-11)14(19)20-8-9-4-6-10(15)7-5-9/h4-7H,3,8,16H2,1-2H3. The molecule has 1 aromatic heterocycles. The first-order chi connectivity index (χ1) is 9.52. The number of aryl methyl sites for hydroxylation is 2. The molecule has 0 atom stereocenters. The van der Waals surface area contributed by atoms with Crippen molar-refractivity contribution >= 4 is 11.7 Å². The Balaban J connectivity index is 2.09. The van der Waals surface area contributed by atoms with Gasteiger partial charge in [0.05, 0.1) is 11.4 Å². The fraction of sp³-hybridized carbons (Fsp3) is 0.286. The van der Waals surface area contributed by atoms with E-state index in [9.17, 15) is 9.18 Å². The summed E-state index contributed by atoms with van der Waals surface area (Å²) in [6, 6.07) is 5.76. The van der Waals surface area contributed by atoms with Crippen molar-refractivity contribution in [1.29, 1.82) is 0 Å². The van der Waals surface area contributed by atoms with Crippen LogP contribution in [0.2, 0.25) is 0 Å². The summed E-state index contributed by atoms with van der Waals surface area (Å²) in [5, 5.41) is 4.16. The van der Waals surface area contributed by atoms with Gasteiger partial charge >= 0.3 is 5.97 Å². The number of benzene rings is 1. The number of anilines is 1. The highest BCUT2D eigenvalue weighted by atomic mass is 19.1. The fourth-order valence-electron chi connectivity index (χ4n) is 1.90. The molecule has 1 aromatic carbocycles. The second-order valence-corrected chi connectivity index (χ2v) is 4.39. The molecule has 5 nitrogen and oxygen atoms in total. The fourth-order valence-corrected chi connectivity index (χ4v) is 1.90. The highest BCUT2D eigenvalue weighted by molar-refractivity contribution is 5.93. The van der Waals surface area contributed by atoms with Gasteiger partial charge in [0.2, 0.25) is 0 Å². The monoisotopic (exact) mass is 277 g/mol. The molecule has 106 valence electrons. The van der Waals surface area contributed by atoms with Crippen molar-refractivity contribution < 1.29 is 13.9 Å². The molecule has 0 saturated heterocycles. The molecule has 0 fully saturated rings. The van der Waals surface area contributed by atoms with Crippen LogP contribution in [0, 0.1) is 5.82 Å². The molecule has 0 saturated carbocycles. The van der Waals surface area contributed by atoms with Gasteiger partial charge in [0.1, 0.15) is 12.4 Å². The third-order valence-corrected chi connectivity index (χ3v) is 2.97. The van der Waals surface area contributed by atoms with E-state index in [1.165, 1.54) is 16.8 Å². The Morgan fingerprint density at radius 2 is 2.05 bits per heavy atom. The van der Waals surface area contributed by atoms with E-state index in [0.29, 0.717) is 23.4 Å². The van der Waals surface area contributed by atoms with Crippen LogP contribution in [0.15, 0.2) is 24.3 Å². The first-order valence-corrected chi connectivity index (χ1v) is 6.25. The molecule has 2 N–H and O–H groups in total. The molecule has 0 bridgehead atoms. The summed E-state index contributed by atoms with van der Waals surface area (Å²) in [4.78, 5) is 12.0. The van der Waals surface area contributed by atoms with E-state index >= 15 is 0 Å². The van der Waals surface area contributed by atoms with Crippen molar-refractivity contribution in [2.45, 2.75) is 20.0 Å². The van der Waals surface area contributed by atoms with Crippen LogP contribution in [-0.4, -0.2) is 15.7 Å². The number of aromatic nitrogens is 2. The van der Waals surface area contributed by atoms with Gasteiger partial charge in [-0.2, -0.15) is 5.10 Å². The number of rotatable bonds is 4. The lowest BCUT2D eigenvalue weighted by Crippen LogP contribution is -2.12. The maximum absolute atomic E-state index is 12.8. The number of nitrogens with zero attached hydrogens (tertiary/aromatic N) is 2. The summed E-state index contributed by atoms with van der Waals surface area (Å²) in [6.07, 6.45) is 0.644. The van der Waals surface area contributed by atoms with Crippen molar-refractivity contribution in [3.8, 4) is 0 Å². The zero-order valence-electron chi connectivity index (χ0n) is 11.4. The van der Waals surface area contributed by atoms with Crippen LogP contribution in [0.25, 0.3) is 0 Å². The number of nitrogens with two attached hydrogens (primary N) is 1. The first-order valence-electron chi connectivity index (χ1n) is 6.25. The van der Waals surface area contributed by atoms with E-state index in [-0.39, 0.29) is 18.1 Å². The first kappa shape index (κ1) is 14.0. The highest BCUT2D eigenvalue weighted by Gasteiger charge is 2.20. The lowest BCUT2D eigenvalue weighted by molar-refractivity contribution is 0.0461. The number of esters is 1. The summed E-state index contributed by atoms with van der Waals surface area (Å²) >= 11 is 0. The predicted molar refractivity (Wildman–Crippen MR) is 72.5 cm³/mol. The second-order valence-electron chi connectivity index (χ2n) is 4.39. The van der Waals surface area contributed by atoms with Crippen molar-refractivity contribution in [2.75, 3.05) is 5.73 Å². The zero-order valence-corrected chi connectivity index (χ0v) is 11.4. The van der Waals surface area contributed by atoms with Crippen molar-refractivity contribution in [1.82, 2.24) is 9.78 Å². The molecule has 0 spiro atoms. The molecule has 0 aliphatic rings. The summed E-state index contributed by atoms with van der Waals surface area (Å²) in [6.45, 7) is 1.97. The van der Waals surface area contributed by atoms with Crippen LogP contribution >= 0.6 is 0 Å². The minimum absolute atomic E-state index is 0.0607. The number of hydrogen-bond acceptors (Lipinski definition) is 4. The van der Waals surface area contributed by atoms with Crippen LogP contribution in [-0.2, 0) is 24.8 Å². The Morgan fingerprint density at radius 3 is 2.60 bits per heavy atom. The Morgan fingerprint density at radius 1 is 1.40 bits per heavy atom. The van der Waals surface area contributed by atoms with Crippen molar-refractivity contribution in [3.63, 3.8) is 0 Å². The molecular weight excluding hydrogens is 261 g/mol. The molecule has 0 aliphatic carbocycles. The van der Waals surface area contributed by atoms with E-state index in [2.05, 4.69) is 5.10 Å². The van der Waals surface area contributed by atoms with E-state index in [1.807, 2.05) is 6.92 Å². The second kappa shape index (κ2) is 5.73. The van der Waals surface area contributed by atoms with Gasteiger partial charge in [0.15, 0.2) is 5.69 Å². The molecule has 2 aromatic rings. The van der Waals surface area contributed by atoms with Crippen molar-refractivity contribution in [2.24, 2.45) is 7.05 Å². The van der Waals surface area contributed by atoms with Gasteiger partial charge in [0, 0.05) is 7.05 Å². The van der Waals surface area contributed by atoms with Crippen molar-refractivity contribution in [3.05, 3.63) is 47.0 Å². The molecule has 1 heterocycles. The Bertz CT molecular complexity index is 620. The number of hydrogen-bond donors (Lipinski definition) is 1. The molecule has 0 unspecified atom stereocenters. The zero-order chi connectivity index (χ0) is 14.7. The molecule has 20 heavy (non-hydrogen) atoms. The van der Waals surface area contributed by atoms with Crippen LogP contribution in [0.1, 0.15) is 28.7 Å². The number of carbonyl (C=O) groups excluding carboxylic acids is 1. The summed E-state index contributed by atoms with van der Waals surface area (Å²) in [5.74, 6) is -0.870. The predicted octanol–water partition coefficient (Wildman–Crippen LogP) is 2.06. The quantitative estimate of drug-likeness (QED) is 0.868. The van der Waals surface area contributed by atoms with Crippen LogP contribution in [0.5, 0.6) is 0 Å². The van der Waals surface area contributed by atoms with Gasteiger partial charge in [0.25, 0.3) is 0 Å². The van der Waals surface area contributed by atoms with Gasteiger partial charge < -0.3 is 10.5 Å². The SMILES string of the molecule is CCc1nn(C)c(C(=O)OCc2ccc(F)cc2)c1N. The average molecular weight is 277 g/mol. The third kappa shape index (κ3) is 2.79. The molecule has 0 aliphatic heterocycles. The lowest BCUT2D eigenvalue weighted by atomic mass is 10.2. The number of ether oxygens (including phenoxy) is 1. The number of halogens is 1. The average Bonchev–Trinajstić information content (AvgIpc) is 2.72. The minimum atomic E-state index is -0.540. The van der Waals surface area contributed by atoms with E-state index in [4.69, 9.17) is 10.5 Å². The van der Waals surface area contributed by atoms with Gasteiger partial charge in [-0.25, -0.2) is 9.18 Å². The summed E-state index contributed by atoms with van der Waals surface area (Å²) < 4.78 is 19.4. The lowest BCUT2D eigenvalue weighted by Gasteiger charge is -2.06. The number of nitrogen functional groups attached to an aromatic ring is 1. The van der Waals surface area contributed by atoms with Gasteiger partial charge in [-0.05, 0) is 24.1 Å². The van der Waals surface area contributed by atoms with E-state index in [0.717, 1.165) is 0 Å². The highest BCUT2D eigenvalue weighted by Crippen LogP contribution is 2.18. The maximum Gasteiger partial charge on any atom is 0.359 e. The van der Waals surface area contributed by atoms with Crippen LogP contribution in [0.3, 0.4) is 0 Å². The summed E-state index contributed by atoms with van der Waals surface area (Å²) in [5.41, 5.74) is 7.83. The Kier molecular flexibility index (Phi) is 4.02. The van der Waals surface area contributed by atoms with Gasteiger partial charge in [-0.1, -0.05) is 19.1 Å². The molecular formula is C14H16FN3O2. The third-order valence-electron chi connectivity index (χ3n) is 2.97. The minimum Gasteiger partial charge on any atom is -0.456 e. The van der Waals surface area contributed by atoms with Crippen LogP contribution < -0.4 is 5.73 Å². The van der Waals surface area contributed by atoms with Gasteiger partial charge in [-0.15, -0.1) is 0 Å². The smallest absolute Gasteiger partial charge is 0.359 e. The molecule has 0 amide bonds. The van der Waals surface area contributed by atoms with Crippen LogP contribution in [0.4, 0.5) is 10.1 Å². The Labute approximate surface area is 116 Å². The maximum atomic E-state index is 12.8. The van der Waals surface area contributed by atoms with Gasteiger partial charge in [-0.3, -0.25) is 4.68 Å². The largest absolute Gasteiger partial charge is 0.456 e. The normalized spacial score (nSPS) is 10.6. The molecule has 0 radical (unpaired) electrons. The summed E-state index contributed by atoms with van der Waals surface area (Å²) in [7, 11) is 1.64. The Hall–Kier alpha value is -2.37. The number of carbonyl (C=O) groups is 1. The topological polar surface area (TPSA) is 70.1 Å².